The van der Waals surface area contributed by atoms with Crippen LogP contribution >= 0.6 is 0 Å². The molecule has 1 rings (SSSR count). The third kappa shape index (κ3) is 2.47. The van der Waals surface area contributed by atoms with E-state index in [1.54, 1.807) is 4.90 Å². The Labute approximate surface area is 65.4 Å². The Bertz CT molecular complexity index is 171. The highest BCUT2D eigenvalue weighted by atomic mass is 19.3. The van der Waals surface area contributed by atoms with E-state index < -0.39 is 5.92 Å². The molecule has 11 heavy (non-hydrogen) atoms. The van der Waals surface area contributed by atoms with E-state index >= 15 is 0 Å². The van der Waals surface area contributed by atoms with Crippen LogP contribution in [0.5, 0.6) is 0 Å². The minimum atomic E-state index is -2.48. The zero-order valence-corrected chi connectivity index (χ0v) is 6.32. The van der Waals surface area contributed by atoms with Crippen LogP contribution in [0.3, 0.4) is 0 Å². The van der Waals surface area contributed by atoms with Crippen LogP contribution in [0.1, 0.15) is 12.8 Å². The molecule has 0 saturated carbocycles. The number of hydrogen-bond acceptors (Lipinski definition) is 1. The number of nitrogens with zero attached hydrogens (tertiary/aromatic N) is 1. The maximum absolute atomic E-state index is 12.5. The SMILES string of the molecule is C#CCCN1CCC(F)(F)C1. The lowest BCUT2D eigenvalue weighted by atomic mass is 10.3. The van der Waals surface area contributed by atoms with Gasteiger partial charge in [0.2, 0.25) is 0 Å². The summed E-state index contributed by atoms with van der Waals surface area (Å²) >= 11 is 0. The van der Waals surface area contributed by atoms with Gasteiger partial charge < -0.3 is 0 Å². The molecule has 0 aromatic carbocycles. The molecule has 62 valence electrons. The van der Waals surface area contributed by atoms with Gasteiger partial charge >= 0.3 is 0 Å². The molecule has 0 aromatic heterocycles. The Morgan fingerprint density at radius 3 is 2.73 bits per heavy atom. The largest absolute Gasteiger partial charge is 0.296 e. The van der Waals surface area contributed by atoms with Crippen LogP contribution in [-0.2, 0) is 0 Å². The number of alkyl halides is 2. The standard InChI is InChI=1S/C8H11F2N/c1-2-3-5-11-6-4-8(9,10)7-11/h1H,3-7H2. The van der Waals surface area contributed by atoms with Gasteiger partial charge in [0.05, 0.1) is 6.54 Å². The topological polar surface area (TPSA) is 3.24 Å². The maximum Gasteiger partial charge on any atom is 0.261 e. The van der Waals surface area contributed by atoms with Crippen LogP contribution in [0.25, 0.3) is 0 Å². The molecule has 0 atom stereocenters. The van der Waals surface area contributed by atoms with Gasteiger partial charge in [-0.25, -0.2) is 8.78 Å². The van der Waals surface area contributed by atoms with Crippen LogP contribution in [0.15, 0.2) is 0 Å². The summed E-state index contributed by atoms with van der Waals surface area (Å²) in [6.07, 6.45) is 5.56. The number of terminal acetylenes is 1. The number of hydrogen-bond donors (Lipinski definition) is 0. The summed E-state index contributed by atoms with van der Waals surface area (Å²) in [6.45, 7) is 0.968. The Morgan fingerprint density at radius 2 is 2.27 bits per heavy atom. The monoisotopic (exact) mass is 159 g/mol. The second-order valence-corrected chi connectivity index (χ2v) is 2.84. The van der Waals surface area contributed by atoms with Crippen LogP contribution < -0.4 is 0 Å². The average molecular weight is 159 g/mol. The van der Waals surface area contributed by atoms with E-state index in [2.05, 4.69) is 5.92 Å². The molecule has 1 heterocycles. The minimum Gasteiger partial charge on any atom is -0.296 e. The molecule has 1 nitrogen and oxygen atoms in total. The third-order valence-electron chi connectivity index (χ3n) is 1.82. The Hall–Kier alpha value is -0.620. The van der Waals surface area contributed by atoms with Gasteiger partial charge in [-0.1, -0.05) is 0 Å². The van der Waals surface area contributed by atoms with Crippen molar-refractivity contribution in [1.29, 1.82) is 0 Å². The van der Waals surface area contributed by atoms with Gasteiger partial charge in [0, 0.05) is 25.9 Å². The van der Waals surface area contributed by atoms with Gasteiger partial charge in [-0.05, 0) is 0 Å². The summed E-state index contributed by atoms with van der Waals surface area (Å²) in [5.74, 6) is -0.0422. The van der Waals surface area contributed by atoms with Crippen LogP contribution in [-0.4, -0.2) is 30.5 Å². The van der Waals surface area contributed by atoms with Gasteiger partial charge in [0.15, 0.2) is 0 Å². The van der Waals surface area contributed by atoms with E-state index in [1.807, 2.05) is 0 Å². The van der Waals surface area contributed by atoms with Gasteiger partial charge in [0.25, 0.3) is 5.92 Å². The van der Waals surface area contributed by atoms with E-state index in [4.69, 9.17) is 6.42 Å². The molecular formula is C8H11F2N. The molecule has 1 saturated heterocycles. The molecule has 0 amide bonds. The summed E-state index contributed by atoms with van der Waals surface area (Å²) in [5, 5.41) is 0. The molecule has 0 aliphatic carbocycles. The third-order valence-corrected chi connectivity index (χ3v) is 1.82. The minimum absolute atomic E-state index is 0.0163. The Balaban J connectivity index is 2.26. The second kappa shape index (κ2) is 3.19. The number of halogens is 2. The highest BCUT2D eigenvalue weighted by Gasteiger charge is 2.37. The first-order valence-electron chi connectivity index (χ1n) is 3.68. The van der Waals surface area contributed by atoms with E-state index in [1.165, 1.54) is 0 Å². The number of likely N-dealkylation sites (tertiary alicyclic amines) is 1. The van der Waals surface area contributed by atoms with Crippen LogP contribution in [0.4, 0.5) is 8.78 Å². The van der Waals surface area contributed by atoms with Crippen molar-refractivity contribution in [2.75, 3.05) is 19.6 Å². The predicted octanol–water partition coefficient (Wildman–Crippen LogP) is 1.35. The summed E-state index contributed by atoms with van der Waals surface area (Å²) in [6, 6.07) is 0. The lowest BCUT2D eigenvalue weighted by Gasteiger charge is -2.12. The Morgan fingerprint density at radius 1 is 1.55 bits per heavy atom. The van der Waals surface area contributed by atoms with Crippen LogP contribution in [0.2, 0.25) is 0 Å². The lowest BCUT2D eigenvalue weighted by molar-refractivity contribution is 0.0124. The van der Waals surface area contributed by atoms with Crippen molar-refractivity contribution >= 4 is 0 Å². The Kier molecular flexibility index (Phi) is 2.45. The first-order valence-corrected chi connectivity index (χ1v) is 3.68. The van der Waals surface area contributed by atoms with Crippen molar-refractivity contribution in [1.82, 2.24) is 4.90 Å². The quantitative estimate of drug-likeness (QED) is 0.550. The smallest absolute Gasteiger partial charge is 0.261 e. The van der Waals surface area contributed by atoms with Crippen molar-refractivity contribution in [3.63, 3.8) is 0 Å². The van der Waals surface area contributed by atoms with Gasteiger partial charge in [-0.15, -0.1) is 12.3 Å². The van der Waals surface area contributed by atoms with Gasteiger partial charge in [-0.2, -0.15) is 0 Å². The van der Waals surface area contributed by atoms with Gasteiger partial charge in [0.1, 0.15) is 0 Å². The highest BCUT2D eigenvalue weighted by molar-refractivity contribution is 4.88. The molecule has 0 unspecified atom stereocenters. The van der Waals surface area contributed by atoms with E-state index in [0.717, 1.165) is 0 Å². The molecule has 0 aromatic rings. The lowest BCUT2D eigenvalue weighted by Crippen LogP contribution is -2.25. The first-order chi connectivity index (χ1) is 5.14. The maximum atomic E-state index is 12.5. The highest BCUT2D eigenvalue weighted by Crippen LogP contribution is 2.26. The molecule has 1 fully saturated rings. The molecule has 0 spiro atoms. The molecule has 1 aliphatic rings. The first kappa shape index (κ1) is 8.48. The summed E-state index contributed by atoms with van der Waals surface area (Å²) in [5.41, 5.74) is 0. The zero-order chi connectivity index (χ0) is 8.32. The molecule has 0 N–H and O–H groups in total. The number of rotatable bonds is 2. The molecule has 0 radical (unpaired) electrons. The van der Waals surface area contributed by atoms with Crippen molar-refractivity contribution in [3.8, 4) is 12.3 Å². The average Bonchev–Trinajstić information content (AvgIpc) is 2.26. The molecule has 1 aliphatic heterocycles. The fourth-order valence-electron chi connectivity index (χ4n) is 1.22. The summed E-state index contributed by atoms with van der Waals surface area (Å²) in [7, 11) is 0. The fourth-order valence-corrected chi connectivity index (χ4v) is 1.22. The van der Waals surface area contributed by atoms with E-state index in [9.17, 15) is 8.78 Å². The zero-order valence-electron chi connectivity index (χ0n) is 6.32. The van der Waals surface area contributed by atoms with Gasteiger partial charge in [-0.3, -0.25) is 4.90 Å². The van der Waals surface area contributed by atoms with Crippen molar-refractivity contribution in [2.45, 2.75) is 18.8 Å². The van der Waals surface area contributed by atoms with E-state index in [0.29, 0.717) is 19.5 Å². The van der Waals surface area contributed by atoms with E-state index in [-0.39, 0.29) is 13.0 Å². The fraction of sp³-hybridized carbons (Fsp3) is 0.750. The second-order valence-electron chi connectivity index (χ2n) is 2.84. The molecule has 0 bridgehead atoms. The van der Waals surface area contributed by atoms with Crippen molar-refractivity contribution in [2.24, 2.45) is 0 Å². The summed E-state index contributed by atoms with van der Waals surface area (Å²) < 4.78 is 25.1. The normalized spacial score (nSPS) is 23.4. The van der Waals surface area contributed by atoms with Crippen molar-refractivity contribution < 1.29 is 8.78 Å². The predicted molar refractivity (Wildman–Crippen MR) is 39.5 cm³/mol. The molecular weight excluding hydrogens is 148 g/mol. The molecule has 3 heteroatoms. The van der Waals surface area contributed by atoms with Crippen molar-refractivity contribution in [3.05, 3.63) is 0 Å². The van der Waals surface area contributed by atoms with Crippen LogP contribution in [0, 0.1) is 12.3 Å². The summed E-state index contributed by atoms with van der Waals surface area (Å²) in [4.78, 5) is 1.71.